The summed E-state index contributed by atoms with van der Waals surface area (Å²) in [5.41, 5.74) is 4.09. The topological polar surface area (TPSA) is 41.1 Å². The third-order valence-electron chi connectivity index (χ3n) is 4.41. The second-order valence-corrected chi connectivity index (χ2v) is 5.94. The molecule has 1 aliphatic heterocycles. The fraction of sp³-hybridized carbons (Fsp3) is 0.412. The average Bonchev–Trinajstić information content (AvgIpc) is 3.39. The van der Waals surface area contributed by atoms with Crippen LogP contribution in [-0.2, 0) is 13.0 Å². The maximum absolute atomic E-state index is 4.66. The largest absolute Gasteiger partial charge is 0.357 e. The summed E-state index contributed by atoms with van der Waals surface area (Å²) in [6, 6.07) is 10.9. The fourth-order valence-corrected chi connectivity index (χ4v) is 3.01. The van der Waals surface area contributed by atoms with Crippen LogP contribution in [0.25, 0.3) is 0 Å². The fourth-order valence-electron chi connectivity index (χ4n) is 3.01. The Morgan fingerprint density at radius 2 is 1.95 bits per heavy atom. The van der Waals surface area contributed by atoms with Crippen molar-refractivity contribution >= 4 is 11.8 Å². The Kier molecular flexibility index (Phi) is 3.02. The Morgan fingerprint density at radius 3 is 2.71 bits per heavy atom. The smallest absolute Gasteiger partial charge is 0.224 e. The van der Waals surface area contributed by atoms with Crippen molar-refractivity contribution in [3.63, 3.8) is 0 Å². The zero-order valence-corrected chi connectivity index (χ0v) is 12.3. The zero-order valence-electron chi connectivity index (χ0n) is 12.3. The number of benzene rings is 1. The Hall–Kier alpha value is -2.10. The standard InChI is InChI=1S/C17H20N4/c1-18-17-19-15(13-6-7-13)10-16(20-17)21-9-8-12-4-2-3-5-14(12)11-21/h2-5,10,13H,6-9,11H2,1H3,(H,18,19,20). The van der Waals surface area contributed by atoms with Crippen LogP contribution in [0.5, 0.6) is 0 Å². The second kappa shape index (κ2) is 5.02. The summed E-state index contributed by atoms with van der Waals surface area (Å²) in [4.78, 5) is 11.6. The zero-order chi connectivity index (χ0) is 14.2. The highest BCUT2D eigenvalue weighted by Crippen LogP contribution is 2.40. The first-order valence-corrected chi connectivity index (χ1v) is 7.72. The first-order valence-electron chi connectivity index (χ1n) is 7.72. The lowest BCUT2D eigenvalue weighted by atomic mass is 10.00. The highest BCUT2D eigenvalue weighted by Gasteiger charge is 2.27. The number of rotatable bonds is 3. The lowest BCUT2D eigenvalue weighted by Crippen LogP contribution is -2.31. The molecule has 0 saturated heterocycles. The molecule has 0 radical (unpaired) electrons. The third kappa shape index (κ3) is 2.46. The van der Waals surface area contributed by atoms with Gasteiger partial charge in [-0.05, 0) is 30.4 Å². The van der Waals surface area contributed by atoms with Crippen LogP contribution in [0.2, 0.25) is 0 Å². The first kappa shape index (κ1) is 12.6. The van der Waals surface area contributed by atoms with E-state index < -0.39 is 0 Å². The third-order valence-corrected chi connectivity index (χ3v) is 4.41. The summed E-state index contributed by atoms with van der Waals surface area (Å²) < 4.78 is 0. The minimum atomic E-state index is 0.649. The molecule has 4 heteroatoms. The molecule has 21 heavy (non-hydrogen) atoms. The predicted octanol–water partition coefficient (Wildman–Crippen LogP) is 2.96. The van der Waals surface area contributed by atoms with Crippen molar-refractivity contribution in [2.45, 2.75) is 31.7 Å². The van der Waals surface area contributed by atoms with Gasteiger partial charge in [-0.25, -0.2) is 4.98 Å². The molecule has 4 rings (SSSR count). The molecule has 0 atom stereocenters. The molecule has 0 bridgehead atoms. The molecule has 0 unspecified atom stereocenters. The van der Waals surface area contributed by atoms with E-state index in [0.29, 0.717) is 5.92 Å². The van der Waals surface area contributed by atoms with Gasteiger partial charge in [-0.15, -0.1) is 0 Å². The number of fused-ring (bicyclic) bond motifs is 1. The Labute approximate surface area is 125 Å². The molecule has 2 heterocycles. The van der Waals surface area contributed by atoms with Crippen LogP contribution in [0.4, 0.5) is 11.8 Å². The summed E-state index contributed by atoms with van der Waals surface area (Å²) in [6.07, 6.45) is 3.62. The van der Waals surface area contributed by atoms with Gasteiger partial charge in [0, 0.05) is 32.1 Å². The van der Waals surface area contributed by atoms with Crippen LogP contribution in [-0.4, -0.2) is 23.6 Å². The summed E-state index contributed by atoms with van der Waals surface area (Å²) in [6.45, 7) is 1.97. The normalized spacial score (nSPS) is 17.5. The number of hydrogen-bond acceptors (Lipinski definition) is 4. The van der Waals surface area contributed by atoms with Gasteiger partial charge in [0.05, 0.1) is 5.69 Å². The Morgan fingerprint density at radius 1 is 1.14 bits per heavy atom. The van der Waals surface area contributed by atoms with Gasteiger partial charge < -0.3 is 10.2 Å². The van der Waals surface area contributed by atoms with Gasteiger partial charge in [-0.1, -0.05) is 24.3 Å². The lowest BCUT2D eigenvalue weighted by Gasteiger charge is -2.30. The van der Waals surface area contributed by atoms with E-state index in [4.69, 9.17) is 0 Å². The van der Waals surface area contributed by atoms with E-state index in [0.717, 1.165) is 31.3 Å². The maximum Gasteiger partial charge on any atom is 0.224 e. The van der Waals surface area contributed by atoms with E-state index in [1.165, 1.54) is 29.7 Å². The molecular formula is C17H20N4. The molecule has 4 nitrogen and oxygen atoms in total. The monoisotopic (exact) mass is 280 g/mol. The molecule has 1 fully saturated rings. The minimum Gasteiger partial charge on any atom is -0.357 e. The van der Waals surface area contributed by atoms with Crippen LogP contribution in [0.3, 0.4) is 0 Å². The number of hydrogen-bond donors (Lipinski definition) is 1. The van der Waals surface area contributed by atoms with Crippen molar-refractivity contribution in [1.82, 2.24) is 9.97 Å². The summed E-state index contributed by atoms with van der Waals surface area (Å²) in [5.74, 6) is 2.45. The highest BCUT2D eigenvalue weighted by molar-refractivity contribution is 5.49. The Bertz CT molecular complexity index is 664. The van der Waals surface area contributed by atoms with Crippen molar-refractivity contribution < 1.29 is 0 Å². The number of nitrogens with one attached hydrogen (secondary N) is 1. The van der Waals surface area contributed by atoms with Gasteiger partial charge in [0.15, 0.2) is 0 Å². The van der Waals surface area contributed by atoms with Crippen molar-refractivity contribution in [3.05, 3.63) is 47.2 Å². The number of aromatic nitrogens is 2. The summed E-state index contributed by atoms with van der Waals surface area (Å²) in [7, 11) is 1.89. The van der Waals surface area contributed by atoms with E-state index in [-0.39, 0.29) is 0 Å². The molecular weight excluding hydrogens is 260 g/mol. The van der Waals surface area contributed by atoms with Crippen LogP contribution < -0.4 is 10.2 Å². The van der Waals surface area contributed by atoms with Crippen LogP contribution in [0.15, 0.2) is 30.3 Å². The van der Waals surface area contributed by atoms with Crippen LogP contribution >= 0.6 is 0 Å². The molecule has 108 valence electrons. The average molecular weight is 280 g/mol. The molecule has 1 aliphatic carbocycles. The van der Waals surface area contributed by atoms with Crippen LogP contribution in [0.1, 0.15) is 35.6 Å². The first-order chi connectivity index (χ1) is 10.3. The van der Waals surface area contributed by atoms with E-state index in [1.807, 2.05) is 7.05 Å². The quantitative estimate of drug-likeness (QED) is 0.938. The van der Waals surface area contributed by atoms with Gasteiger partial charge in [0.2, 0.25) is 5.95 Å². The molecule has 0 spiro atoms. The SMILES string of the molecule is CNc1nc(C2CC2)cc(N2CCc3ccccc3C2)n1. The molecule has 1 N–H and O–H groups in total. The van der Waals surface area contributed by atoms with E-state index in [9.17, 15) is 0 Å². The van der Waals surface area contributed by atoms with Crippen molar-refractivity contribution in [2.24, 2.45) is 0 Å². The van der Waals surface area contributed by atoms with Crippen molar-refractivity contribution in [2.75, 3.05) is 23.8 Å². The molecule has 2 aliphatic rings. The number of nitrogens with zero attached hydrogens (tertiary/aromatic N) is 3. The van der Waals surface area contributed by atoms with Gasteiger partial charge in [-0.2, -0.15) is 4.98 Å². The van der Waals surface area contributed by atoms with Crippen LogP contribution in [0, 0.1) is 0 Å². The highest BCUT2D eigenvalue weighted by atomic mass is 15.2. The molecule has 1 saturated carbocycles. The van der Waals surface area contributed by atoms with Crippen molar-refractivity contribution in [1.29, 1.82) is 0 Å². The van der Waals surface area contributed by atoms with E-state index >= 15 is 0 Å². The second-order valence-electron chi connectivity index (χ2n) is 5.94. The molecule has 1 aromatic heterocycles. The molecule has 1 aromatic carbocycles. The van der Waals surface area contributed by atoms with Gasteiger partial charge in [-0.3, -0.25) is 0 Å². The van der Waals surface area contributed by atoms with E-state index in [1.54, 1.807) is 0 Å². The van der Waals surface area contributed by atoms with Gasteiger partial charge in [0.25, 0.3) is 0 Å². The van der Waals surface area contributed by atoms with E-state index in [2.05, 4.69) is 50.5 Å². The minimum absolute atomic E-state index is 0.649. The summed E-state index contributed by atoms with van der Waals surface area (Å²) >= 11 is 0. The Balaban J connectivity index is 1.66. The lowest BCUT2D eigenvalue weighted by molar-refractivity contribution is 0.718. The number of anilines is 2. The van der Waals surface area contributed by atoms with Gasteiger partial charge in [0.1, 0.15) is 5.82 Å². The molecule has 0 amide bonds. The van der Waals surface area contributed by atoms with Crippen molar-refractivity contribution in [3.8, 4) is 0 Å². The predicted molar refractivity (Wildman–Crippen MR) is 84.7 cm³/mol. The maximum atomic E-state index is 4.66. The van der Waals surface area contributed by atoms with Gasteiger partial charge >= 0.3 is 0 Å². The molecule has 2 aromatic rings. The summed E-state index contributed by atoms with van der Waals surface area (Å²) in [5, 5.41) is 3.10.